The number of carbonyl (C=O) groups excluding carboxylic acids is 1. The lowest BCUT2D eigenvalue weighted by Crippen LogP contribution is -2.17. The lowest BCUT2D eigenvalue weighted by atomic mass is 10.3. The maximum atomic E-state index is 11.4. The van der Waals surface area contributed by atoms with Gasteiger partial charge in [0.25, 0.3) is 0 Å². The van der Waals surface area contributed by atoms with E-state index in [1.807, 2.05) is 18.2 Å². The third-order valence-electron chi connectivity index (χ3n) is 1.51. The summed E-state index contributed by atoms with van der Waals surface area (Å²) >= 11 is 4.31. The second-order valence-corrected chi connectivity index (χ2v) is 4.55. The Balaban J connectivity index is 2.52. The number of amidine groups is 1. The molecule has 1 rings (SSSR count). The number of para-hydroxylation sites is 1. The molecule has 0 saturated carbocycles. The smallest absolute Gasteiger partial charge is 0.234 e. The molecule has 15 heavy (non-hydrogen) atoms. The maximum Gasteiger partial charge on any atom is 0.234 e. The molecule has 0 atom stereocenters. The van der Waals surface area contributed by atoms with Gasteiger partial charge >= 0.3 is 0 Å². The molecule has 1 amide bonds. The molecule has 1 aromatic rings. The van der Waals surface area contributed by atoms with Crippen LogP contribution in [0.5, 0.6) is 0 Å². The average Bonchev–Trinajstić information content (AvgIpc) is 2.18. The van der Waals surface area contributed by atoms with Gasteiger partial charge in [-0.15, -0.1) is 0 Å². The van der Waals surface area contributed by atoms with E-state index in [9.17, 15) is 4.79 Å². The van der Waals surface area contributed by atoms with Gasteiger partial charge in [-0.1, -0.05) is 23.9 Å². The van der Waals surface area contributed by atoms with Crippen LogP contribution in [0.4, 0.5) is 5.69 Å². The zero-order chi connectivity index (χ0) is 11.3. The van der Waals surface area contributed by atoms with Crippen molar-refractivity contribution in [3.63, 3.8) is 0 Å². The fourth-order valence-electron chi connectivity index (χ4n) is 0.892. The van der Waals surface area contributed by atoms with E-state index >= 15 is 0 Å². The maximum absolute atomic E-state index is 11.4. The van der Waals surface area contributed by atoms with Crippen molar-refractivity contribution >= 4 is 44.5 Å². The molecule has 0 aliphatic rings. The van der Waals surface area contributed by atoms with E-state index in [1.165, 1.54) is 0 Å². The highest BCUT2D eigenvalue weighted by atomic mass is 79.9. The van der Waals surface area contributed by atoms with Crippen LogP contribution >= 0.6 is 27.7 Å². The van der Waals surface area contributed by atoms with Crippen molar-refractivity contribution in [3.05, 3.63) is 28.7 Å². The van der Waals surface area contributed by atoms with Crippen LogP contribution in [0.15, 0.2) is 28.7 Å². The number of benzene rings is 1. The minimum atomic E-state index is -0.179. The molecular formula is C9H10BrN3OS. The second kappa shape index (κ2) is 5.77. The van der Waals surface area contributed by atoms with Gasteiger partial charge in [-0.2, -0.15) is 0 Å². The van der Waals surface area contributed by atoms with Crippen molar-refractivity contribution in [2.24, 2.45) is 5.73 Å². The van der Waals surface area contributed by atoms with Gasteiger partial charge < -0.3 is 11.1 Å². The van der Waals surface area contributed by atoms with Gasteiger partial charge in [-0.05, 0) is 28.1 Å². The number of anilines is 1. The van der Waals surface area contributed by atoms with Crippen molar-refractivity contribution in [2.45, 2.75) is 0 Å². The molecular weight excluding hydrogens is 278 g/mol. The van der Waals surface area contributed by atoms with Gasteiger partial charge in [0.15, 0.2) is 5.17 Å². The van der Waals surface area contributed by atoms with E-state index in [-0.39, 0.29) is 16.8 Å². The number of nitrogens with two attached hydrogens (primary N) is 1. The molecule has 0 aliphatic heterocycles. The molecule has 0 saturated heterocycles. The highest BCUT2D eigenvalue weighted by molar-refractivity contribution is 9.10. The van der Waals surface area contributed by atoms with Gasteiger partial charge in [0.2, 0.25) is 5.91 Å². The van der Waals surface area contributed by atoms with Crippen molar-refractivity contribution in [1.82, 2.24) is 0 Å². The Bertz CT molecular complexity index is 383. The van der Waals surface area contributed by atoms with Gasteiger partial charge in [-0.25, -0.2) is 0 Å². The first-order valence-corrected chi connectivity index (χ1v) is 5.88. The molecule has 0 aliphatic carbocycles. The summed E-state index contributed by atoms with van der Waals surface area (Å²) in [4.78, 5) is 11.4. The summed E-state index contributed by atoms with van der Waals surface area (Å²) < 4.78 is 0.825. The first-order valence-electron chi connectivity index (χ1n) is 4.11. The summed E-state index contributed by atoms with van der Waals surface area (Å²) in [5.74, 6) is -0.0291. The number of nitrogens with one attached hydrogen (secondary N) is 2. The Kier molecular flexibility index (Phi) is 4.64. The van der Waals surface area contributed by atoms with E-state index in [0.29, 0.717) is 5.69 Å². The Morgan fingerprint density at radius 3 is 2.80 bits per heavy atom. The van der Waals surface area contributed by atoms with E-state index in [1.54, 1.807) is 6.07 Å². The summed E-state index contributed by atoms with van der Waals surface area (Å²) in [5.41, 5.74) is 5.84. The summed E-state index contributed by atoms with van der Waals surface area (Å²) in [6.45, 7) is 0. The lowest BCUT2D eigenvalue weighted by molar-refractivity contribution is -0.113. The van der Waals surface area contributed by atoms with Crippen LogP contribution in [-0.2, 0) is 4.79 Å². The van der Waals surface area contributed by atoms with Gasteiger partial charge in [0, 0.05) is 4.47 Å². The molecule has 4 nitrogen and oxygen atoms in total. The quantitative estimate of drug-likeness (QED) is 0.588. The number of amides is 1. The zero-order valence-corrected chi connectivity index (χ0v) is 10.2. The monoisotopic (exact) mass is 287 g/mol. The highest BCUT2D eigenvalue weighted by Crippen LogP contribution is 2.21. The van der Waals surface area contributed by atoms with Crippen molar-refractivity contribution in [1.29, 1.82) is 5.41 Å². The van der Waals surface area contributed by atoms with Crippen molar-refractivity contribution in [2.75, 3.05) is 11.1 Å². The first kappa shape index (κ1) is 12.1. The number of carbonyl (C=O) groups is 1. The molecule has 80 valence electrons. The molecule has 4 N–H and O–H groups in total. The fourth-order valence-corrected chi connectivity index (χ4v) is 1.63. The van der Waals surface area contributed by atoms with Gasteiger partial charge in [0.1, 0.15) is 0 Å². The van der Waals surface area contributed by atoms with Crippen LogP contribution < -0.4 is 11.1 Å². The van der Waals surface area contributed by atoms with Gasteiger partial charge in [-0.3, -0.25) is 10.2 Å². The van der Waals surface area contributed by atoms with Crippen LogP contribution in [0, 0.1) is 5.41 Å². The number of hydrogen-bond donors (Lipinski definition) is 3. The van der Waals surface area contributed by atoms with Crippen LogP contribution in [0.1, 0.15) is 0 Å². The predicted octanol–water partition coefficient (Wildman–Crippen LogP) is 2.01. The highest BCUT2D eigenvalue weighted by Gasteiger charge is 2.05. The zero-order valence-electron chi connectivity index (χ0n) is 7.79. The SMILES string of the molecule is N=C(N)SCC(=O)Nc1ccccc1Br. The Morgan fingerprint density at radius 1 is 1.53 bits per heavy atom. The Morgan fingerprint density at radius 2 is 2.20 bits per heavy atom. The summed E-state index contributed by atoms with van der Waals surface area (Å²) in [7, 11) is 0. The molecule has 0 aromatic heterocycles. The average molecular weight is 288 g/mol. The van der Waals surface area contributed by atoms with E-state index in [4.69, 9.17) is 11.1 Å². The molecule has 0 unspecified atom stereocenters. The lowest BCUT2D eigenvalue weighted by Gasteiger charge is -2.06. The number of thioether (sulfide) groups is 1. The van der Waals surface area contributed by atoms with Crippen LogP contribution in [0.25, 0.3) is 0 Å². The third-order valence-corrected chi connectivity index (χ3v) is 2.92. The molecule has 1 aromatic carbocycles. The molecule has 0 spiro atoms. The third kappa shape index (κ3) is 4.35. The van der Waals surface area contributed by atoms with E-state index in [0.717, 1.165) is 16.2 Å². The first-order chi connectivity index (χ1) is 7.09. The normalized spacial score (nSPS) is 9.67. The largest absolute Gasteiger partial charge is 0.379 e. The van der Waals surface area contributed by atoms with Gasteiger partial charge in [0.05, 0.1) is 11.4 Å². The number of halogens is 1. The molecule has 0 radical (unpaired) electrons. The van der Waals surface area contributed by atoms with Crippen molar-refractivity contribution in [3.8, 4) is 0 Å². The summed E-state index contributed by atoms with van der Waals surface area (Å²) in [5, 5.41) is 9.61. The van der Waals surface area contributed by atoms with E-state index < -0.39 is 0 Å². The summed E-state index contributed by atoms with van der Waals surface area (Å²) in [6.07, 6.45) is 0. The van der Waals surface area contributed by atoms with Crippen molar-refractivity contribution < 1.29 is 4.79 Å². The minimum Gasteiger partial charge on any atom is -0.379 e. The topological polar surface area (TPSA) is 79.0 Å². The minimum absolute atomic E-state index is 0.0581. The van der Waals surface area contributed by atoms with Crippen LogP contribution in [0.2, 0.25) is 0 Å². The van der Waals surface area contributed by atoms with E-state index in [2.05, 4.69) is 21.2 Å². The second-order valence-electron chi connectivity index (χ2n) is 2.68. The molecule has 0 heterocycles. The molecule has 0 bridgehead atoms. The van der Waals surface area contributed by atoms with Crippen LogP contribution in [-0.4, -0.2) is 16.8 Å². The summed E-state index contributed by atoms with van der Waals surface area (Å²) in [6, 6.07) is 7.33. The molecule has 0 fully saturated rings. The Labute approximate surface area is 100 Å². The Hall–Kier alpha value is -1.01. The standard InChI is InChI=1S/C9H10BrN3OS/c10-6-3-1-2-4-7(6)13-8(14)5-15-9(11)12/h1-4H,5H2,(H3,11,12)(H,13,14). The van der Waals surface area contributed by atoms with Crippen LogP contribution in [0.3, 0.4) is 0 Å². The number of hydrogen-bond acceptors (Lipinski definition) is 3. The fraction of sp³-hybridized carbons (Fsp3) is 0.111. The predicted molar refractivity (Wildman–Crippen MR) is 67.1 cm³/mol. The number of rotatable bonds is 3. The molecule has 6 heteroatoms.